The maximum Gasteiger partial charge on any atom is 0.322 e. The number of piperidine rings is 1. The molecule has 0 bridgehead atoms. The van der Waals surface area contributed by atoms with Crippen LogP contribution in [0.15, 0.2) is 30.9 Å². The Kier molecular flexibility index (Phi) is 4.40. The van der Waals surface area contributed by atoms with E-state index in [-0.39, 0.29) is 17.8 Å². The third-order valence-electron chi connectivity index (χ3n) is 3.92. The van der Waals surface area contributed by atoms with Gasteiger partial charge in [-0.15, -0.1) is 0 Å². The molecule has 1 saturated heterocycles. The van der Waals surface area contributed by atoms with Gasteiger partial charge in [0.25, 0.3) is 0 Å². The summed E-state index contributed by atoms with van der Waals surface area (Å²) in [5.74, 6) is -0.231. The van der Waals surface area contributed by atoms with Crippen LogP contribution in [0.1, 0.15) is 18.9 Å². The summed E-state index contributed by atoms with van der Waals surface area (Å²) in [6.07, 6.45) is 4.90. The van der Waals surface area contributed by atoms with E-state index in [9.17, 15) is 9.18 Å². The molecule has 7 nitrogen and oxygen atoms in total. The van der Waals surface area contributed by atoms with Crippen LogP contribution >= 0.6 is 0 Å². The Bertz CT molecular complexity index is 677. The number of ether oxygens (including phenoxy) is 1. The standard InChI is InChI=1S/C15H18FN5O2/c1-23-13-6-2-5-12(16)14(13)19-15(22)20-7-3-4-11(8-20)21-10-17-9-18-21/h2,5-6,9-11H,3-4,7-8H2,1H3,(H,19,22)/t11-/m1/s1. The van der Waals surface area contributed by atoms with Crippen molar-refractivity contribution in [3.63, 3.8) is 0 Å². The molecule has 1 aliphatic heterocycles. The van der Waals surface area contributed by atoms with Gasteiger partial charge >= 0.3 is 6.03 Å². The Labute approximate surface area is 133 Å². The average molecular weight is 319 g/mol. The zero-order chi connectivity index (χ0) is 16.2. The number of urea groups is 1. The third-order valence-corrected chi connectivity index (χ3v) is 3.92. The summed E-state index contributed by atoms with van der Waals surface area (Å²) in [6, 6.07) is 4.16. The molecule has 2 amide bonds. The van der Waals surface area contributed by atoms with E-state index in [1.165, 1.54) is 25.6 Å². The van der Waals surface area contributed by atoms with Crippen LogP contribution in [0.5, 0.6) is 5.75 Å². The smallest absolute Gasteiger partial charge is 0.322 e. The van der Waals surface area contributed by atoms with Crippen LogP contribution in [0.2, 0.25) is 0 Å². The predicted molar refractivity (Wildman–Crippen MR) is 81.8 cm³/mol. The van der Waals surface area contributed by atoms with Crippen molar-refractivity contribution in [2.45, 2.75) is 18.9 Å². The Morgan fingerprint density at radius 2 is 2.35 bits per heavy atom. The molecule has 1 N–H and O–H groups in total. The number of methoxy groups -OCH3 is 1. The number of nitrogens with zero attached hydrogens (tertiary/aromatic N) is 4. The first-order valence-corrected chi connectivity index (χ1v) is 7.41. The summed E-state index contributed by atoms with van der Waals surface area (Å²) >= 11 is 0. The van der Waals surface area contributed by atoms with Crippen molar-refractivity contribution < 1.29 is 13.9 Å². The Hall–Kier alpha value is -2.64. The van der Waals surface area contributed by atoms with Crippen LogP contribution in [0.25, 0.3) is 0 Å². The highest BCUT2D eigenvalue weighted by Gasteiger charge is 2.26. The first kappa shape index (κ1) is 15.3. The highest BCUT2D eigenvalue weighted by atomic mass is 19.1. The Balaban J connectivity index is 1.71. The molecule has 23 heavy (non-hydrogen) atoms. The van der Waals surface area contributed by atoms with Crippen molar-refractivity contribution in [2.24, 2.45) is 0 Å². The molecule has 3 rings (SSSR count). The van der Waals surface area contributed by atoms with Crippen LogP contribution in [0.3, 0.4) is 0 Å². The molecule has 0 saturated carbocycles. The lowest BCUT2D eigenvalue weighted by Crippen LogP contribution is -2.43. The number of hydrogen-bond acceptors (Lipinski definition) is 4. The van der Waals surface area contributed by atoms with Crippen LogP contribution in [-0.2, 0) is 0 Å². The predicted octanol–water partition coefficient (Wildman–Crippen LogP) is 2.29. The number of carbonyl (C=O) groups is 1. The van der Waals surface area contributed by atoms with Gasteiger partial charge in [0.05, 0.1) is 13.2 Å². The Morgan fingerprint density at radius 1 is 1.48 bits per heavy atom. The number of nitrogens with one attached hydrogen (secondary N) is 1. The maximum absolute atomic E-state index is 13.9. The molecule has 1 aliphatic rings. The summed E-state index contributed by atoms with van der Waals surface area (Å²) in [4.78, 5) is 18.0. The van der Waals surface area contributed by atoms with Gasteiger partial charge in [-0.3, -0.25) is 0 Å². The summed E-state index contributed by atoms with van der Waals surface area (Å²) in [6.45, 7) is 1.12. The first-order chi connectivity index (χ1) is 11.2. The fourth-order valence-electron chi connectivity index (χ4n) is 2.74. The quantitative estimate of drug-likeness (QED) is 0.942. The highest BCUT2D eigenvalue weighted by molar-refractivity contribution is 5.91. The number of anilines is 1. The van der Waals surface area contributed by atoms with Gasteiger partial charge < -0.3 is 15.0 Å². The molecule has 1 fully saturated rings. The van der Waals surface area contributed by atoms with Crippen LogP contribution < -0.4 is 10.1 Å². The molecule has 122 valence electrons. The monoisotopic (exact) mass is 319 g/mol. The zero-order valence-electron chi connectivity index (χ0n) is 12.8. The summed E-state index contributed by atoms with van der Waals surface area (Å²) in [5, 5.41) is 6.73. The average Bonchev–Trinajstić information content (AvgIpc) is 3.11. The fraction of sp³-hybridized carbons (Fsp3) is 0.400. The minimum Gasteiger partial charge on any atom is -0.494 e. The van der Waals surface area contributed by atoms with Crippen LogP contribution in [-0.4, -0.2) is 45.9 Å². The topological polar surface area (TPSA) is 72.3 Å². The SMILES string of the molecule is COc1cccc(F)c1NC(=O)N1CCC[C@@H](n2cncn2)C1. The molecular formula is C15H18FN5O2. The maximum atomic E-state index is 13.9. The van der Waals surface area contributed by atoms with Gasteiger partial charge in [0, 0.05) is 13.1 Å². The number of carbonyl (C=O) groups excluding carboxylic acids is 1. The van der Waals surface area contributed by atoms with Gasteiger partial charge in [0.15, 0.2) is 5.82 Å². The van der Waals surface area contributed by atoms with Gasteiger partial charge in [-0.2, -0.15) is 5.10 Å². The van der Waals surface area contributed by atoms with Crippen LogP contribution in [0.4, 0.5) is 14.9 Å². The molecule has 0 spiro atoms. The third kappa shape index (κ3) is 3.25. The number of aromatic nitrogens is 3. The van der Waals surface area contributed by atoms with E-state index in [1.54, 1.807) is 22.0 Å². The molecule has 1 aromatic heterocycles. The largest absolute Gasteiger partial charge is 0.494 e. The van der Waals surface area contributed by atoms with E-state index in [0.717, 1.165) is 12.8 Å². The van der Waals surface area contributed by atoms with E-state index in [0.29, 0.717) is 18.8 Å². The summed E-state index contributed by atoms with van der Waals surface area (Å²) in [5.41, 5.74) is 0.0582. The summed E-state index contributed by atoms with van der Waals surface area (Å²) < 4.78 is 20.8. The lowest BCUT2D eigenvalue weighted by atomic mass is 10.1. The van der Waals surface area contributed by atoms with Gasteiger partial charge in [-0.1, -0.05) is 6.07 Å². The van der Waals surface area contributed by atoms with Crippen molar-refractivity contribution in [1.29, 1.82) is 0 Å². The van der Waals surface area contributed by atoms with E-state index < -0.39 is 5.82 Å². The number of benzene rings is 1. The molecule has 2 heterocycles. The molecule has 8 heteroatoms. The number of para-hydroxylation sites is 1. The Morgan fingerprint density at radius 3 is 3.09 bits per heavy atom. The number of halogens is 1. The number of likely N-dealkylation sites (tertiary alicyclic amines) is 1. The van der Waals surface area contributed by atoms with Gasteiger partial charge in [0.2, 0.25) is 0 Å². The first-order valence-electron chi connectivity index (χ1n) is 7.41. The molecule has 0 aliphatic carbocycles. The fourth-order valence-corrected chi connectivity index (χ4v) is 2.74. The minimum absolute atomic E-state index is 0.0582. The number of rotatable bonds is 3. The van der Waals surface area contributed by atoms with Crippen molar-refractivity contribution in [1.82, 2.24) is 19.7 Å². The van der Waals surface area contributed by atoms with E-state index in [1.807, 2.05) is 0 Å². The molecule has 1 atom stereocenters. The zero-order valence-corrected chi connectivity index (χ0v) is 12.8. The molecular weight excluding hydrogens is 301 g/mol. The molecule has 1 aromatic carbocycles. The second kappa shape index (κ2) is 6.64. The molecule has 0 unspecified atom stereocenters. The minimum atomic E-state index is -0.525. The van der Waals surface area contributed by atoms with Gasteiger partial charge in [-0.25, -0.2) is 18.9 Å². The second-order valence-corrected chi connectivity index (χ2v) is 5.36. The van der Waals surface area contributed by atoms with E-state index in [4.69, 9.17) is 4.74 Å². The molecule has 0 radical (unpaired) electrons. The van der Waals surface area contributed by atoms with E-state index >= 15 is 0 Å². The van der Waals surface area contributed by atoms with Crippen molar-refractivity contribution in [3.05, 3.63) is 36.7 Å². The lowest BCUT2D eigenvalue weighted by molar-refractivity contribution is 0.174. The second-order valence-electron chi connectivity index (χ2n) is 5.36. The lowest BCUT2D eigenvalue weighted by Gasteiger charge is -2.32. The van der Waals surface area contributed by atoms with Gasteiger partial charge in [0.1, 0.15) is 24.1 Å². The highest BCUT2D eigenvalue weighted by Crippen LogP contribution is 2.28. The number of amides is 2. The van der Waals surface area contributed by atoms with Gasteiger partial charge in [-0.05, 0) is 25.0 Å². The van der Waals surface area contributed by atoms with Crippen molar-refractivity contribution in [2.75, 3.05) is 25.5 Å². The number of hydrogen-bond donors (Lipinski definition) is 1. The van der Waals surface area contributed by atoms with Crippen molar-refractivity contribution >= 4 is 11.7 Å². The normalized spacial score (nSPS) is 17.8. The van der Waals surface area contributed by atoms with Crippen LogP contribution in [0, 0.1) is 5.82 Å². The molecule has 2 aromatic rings. The van der Waals surface area contributed by atoms with E-state index in [2.05, 4.69) is 15.4 Å². The van der Waals surface area contributed by atoms with Crippen molar-refractivity contribution in [3.8, 4) is 5.75 Å². The summed E-state index contributed by atoms with van der Waals surface area (Å²) in [7, 11) is 1.44.